The lowest BCUT2D eigenvalue weighted by atomic mass is 10.1. The zero-order chi connectivity index (χ0) is 13.7. The van der Waals surface area contributed by atoms with Crippen LogP contribution in [0.25, 0.3) is 0 Å². The summed E-state index contributed by atoms with van der Waals surface area (Å²) in [6, 6.07) is 3.05. The van der Waals surface area contributed by atoms with E-state index in [2.05, 4.69) is 10.1 Å². The van der Waals surface area contributed by atoms with E-state index in [0.717, 1.165) is 11.3 Å². The maximum atomic E-state index is 11.2. The predicted molar refractivity (Wildman–Crippen MR) is 65.3 cm³/mol. The molecule has 0 radical (unpaired) electrons. The Morgan fingerprint density at radius 2 is 2.11 bits per heavy atom. The third-order valence-electron chi connectivity index (χ3n) is 2.23. The third-order valence-corrected chi connectivity index (χ3v) is 3.37. The zero-order valence-electron chi connectivity index (χ0n) is 10.0. The number of carbonyl (C=O) groups is 2. The number of hydrogen-bond acceptors (Lipinski definition) is 6. The van der Waals surface area contributed by atoms with E-state index < -0.39 is 18.2 Å². The monoisotopic (exact) mass is 273 g/mol. The van der Waals surface area contributed by atoms with Gasteiger partial charge < -0.3 is 20.3 Å². The van der Waals surface area contributed by atoms with Gasteiger partial charge in [-0.1, -0.05) is 0 Å². The number of nitrogens with one attached hydrogen (secondary N) is 1. The molecule has 2 atom stereocenters. The predicted octanol–water partition coefficient (Wildman–Crippen LogP) is 0.0651. The molecule has 1 aromatic rings. The van der Waals surface area contributed by atoms with Crippen molar-refractivity contribution in [1.29, 1.82) is 0 Å². The minimum Gasteiger partial charge on any atom is -0.465 e. The molecule has 1 amide bonds. The van der Waals surface area contributed by atoms with Crippen molar-refractivity contribution in [2.45, 2.75) is 19.1 Å². The number of methoxy groups -OCH3 is 1. The van der Waals surface area contributed by atoms with E-state index in [9.17, 15) is 19.8 Å². The summed E-state index contributed by atoms with van der Waals surface area (Å²) in [5, 5.41) is 21.9. The van der Waals surface area contributed by atoms with E-state index in [4.69, 9.17) is 0 Å². The Labute approximate surface area is 108 Å². The highest BCUT2D eigenvalue weighted by atomic mass is 32.1. The Hall–Kier alpha value is -1.44. The number of amides is 1. The van der Waals surface area contributed by atoms with Crippen LogP contribution in [0.1, 0.15) is 27.6 Å². The number of aliphatic hydroxyl groups is 2. The quantitative estimate of drug-likeness (QED) is 0.660. The van der Waals surface area contributed by atoms with Crippen molar-refractivity contribution in [2.24, 2.45) is 0 Å². The van der Waals surface area contributed by atoms with Crippen molar-refractivity contribution in [3.63, 3.8) is 0 Å². The second-order valence-electron chi connectivity index (χ2n) is 3.64. The van der Waals surface area contributed by atoms with Crippen molar-refractivity contribution < 1.29 is 24.5 Å². The summed E-state index contributed by atoms with van der Waals surface area (Å²) < 4.78 is 4.54. The van der Waals surface area contributed by atoms with E-state index in [-0.39, 0.29) is 12.5 Å². The maximum absolute atomic E-state index is 11.2. The molecule has 0 aliphatic heterocycles. The van der Waals surface area contributed by atoms with Crippen LogP contribution in [0.5, 0.6) is 0 Å². The van der Waals surface area contributed by atoms with E-state index >= 15 is 0 Å². The molecule has 0 saturated carbocycles. The Kier molecular flexibility index (Phi) is 5.26. The van der Waals surface area contributed by atoms with Gasteiger partial charge in [-0.15, -0.1) is 11.3 Å². The van der Waals surface area contributed by atoms with Gasteiger partial charge in [-0.2, -0.15) is 0 Å². The fourth-order valence-electron chi connectivity index (χ4n) is 1.27. The summed E-state index contributed by atoms with van der Waals surface area (Å²) in [5.74, 6) is -0.780. The van der Waals surface area contributed by atoms with Crippen LogP contribution in [-0.4, -0.2) is 41.8 Å². The fourth-order valence-corrected chi connectivity index (χ4v) is 2.24. The van der Waals surface area contributed by atoms with Crippen molar-refractivity contribution in [2.75, 3.05) is 13.7 Å². The average molecular weight is 273 g/mol. The molecule has 0 aromatic carbocycles. The molecule has 0 aliphatic rings. The van der Waals surface area contributed by atoms with Gasteiger partial charge in [0.25, 0.3) is 0 Å². The highest BCUT2D eigenvalue weighted by Gasteiger charge is 2.21. The number of esters is 1. The number of thiophene rings is 1. The molecule has 1 aromatic heterocycles. The molecule has 0 bridgehead atoms. The lowest BCUT2D eigenvalue weighted by Gasteiger charge is -2.16. The normalized spacial score (nSPS) is 13.8. The highest BCUT2D eigenvalue weighted by Crippen LogP contribution is 2.25. The van der Waals surface area contributed by atoms with Gasteiger partial charge in [-0.3, -0.25) is 4.79 Å². The Bertz CT molecular complexity index is 431. The molecule has 3 N–H and O–H groups in total. The first-order chi connectivity index (χ1) is 8.45. The van der Waals surface area contributed by atoms with Gasteiger partial charge in [-0.25, -0.2) is 4.79 Å². The van der Waals surface area contributed by atoms with Crippen LogP contribution in [0.15, 0.2) is 12.1 Å². The zero-order valence-corrected chi connectivity index (χ0v) is 10.9. The number of rotatable bonds is 5. The standard InChI is InChI=1S/C11H15NO5S/c1-6(13)12-5-7(14)10(15)8-3-4-9(18-8)11(16)17-2/h3-4,7,10,14-15H,5H2,1-2H3,(H,12,13). The van der Waals surface area contributed by atoms with Gasteiger partial charge in [0.05, 0.1) is 7.11 Å². The molecule has 18 heavy (non-hydrogen) atoms. The van der Waals surface area contributed by atoms with Crippen LogP contribution in [0, 0.1) is 0 Å². The number of carbonyl (C=O) groups excluding carboxylic acids is 2. The molecule has 1 heterocycles. The molecule has 0 fully saturated rings. The SMILES string of the molecule is COC(=O)c1ccc(C(O)C(O)CNC(C)=O)s1. The second kappa shape index (κ2) is 6.48. The highest BCUT2D eigenvalue weighted by molar-refractivity contribution is 7.14. The number of ether oxygens (including phenoxy) is 1. The fraction of sp³-hybridized carbons (Fsp3) is 0.455. The largest absolute Gasteiger partial charge is 0.465 e. The maximum Gasteiger partial charge on any atom is 0.348 e. The summed E-state index contributed by atoms with van der Waals surface area (Å²) in [5.41, 5.74) is 0. The van der Waals surface area contributed by atoms with Gasteiger partial charge >= 0.3 is 5.97 Å². The molecular weight excluding hydrogens is 258 g/mol. The summed E-state index contributed by atoms with van der Waals surface area (Å²) in [6.07, 6.45) is -2.28. The van der Waals surface area contributed by atoms with Crippen LogP contribution in [0.3, 0.4) is 0 Å². The lowest BCUT2D eigenvalue weighted by Crippen LogP contribution is -2.33. The molecule has 0 spiro atoms. The van der Waals surface area contributed by atoms with E-state index in [0.29, 0.717) is 9.75 Å². The lowest BCUT2D eigenvalue weighted by molar-refractivity contribution is -0.119. The van der Waals surface area contributed by atoms with Crippen molar-refractivity contribution in [3.05, 3.63) is 21.9 Å². The van der Waals surface area contributed by atoms with Gasteiger partial charge in [0.1, 0.15) is 17.1 Å². The molecular formula is C11H15NO5S. The Morgan fingerprint density at radius 1 is 1.44 bits per heavy atom. The minimum absolute atomic E-state index is 0.0536. The summed E-state index contributed by atoms with van der Waals surface area (Å²) in [6.45, 7) is 1.27. The molecule has 1 rings (SSSR count). The van der Waals surface area contributed by atoms with E-state index in [1.807, 2.05) is 0 Å². The van der Waals surface area contributed by atoms with Crippen molar-refractivity contribution >= 4 is 23.2 Å². The topological polar surface area (TPSA) is 95.9 Å². The van der Waals surface area contributed by atoms with Gasteiger partial charge in [0, 0.05) is 18.3 Å². The van der Waals surface area contributed by atoms with E-state index in [1.54, 1.807) is 6.07 Å². The van der Waals surface area contributed by atoms with Crippen LogP contribution in [-0.2, 0) is 9.53 Å². The Balaban J connectivity index is 2.65. The van der Waals surface area contributed by atoms with Gasteiger partial charge in [0.15, 0.2) is 0 Å². The first-order valence-corrected chi connectivity index (χ1v) is 6.06. The third kappa shape index (κ3) is 3.80. The van der Waals surface area contributed by atoms with Crippen LogP contribution in [0.4, 0.5) is 0 Å². The summed E-state index contributed by atoms with van der Waals surface area (Å²) in [7, 11) is 1.27. The molecule has 0 aliphatic carbocycles. The van der Waals surface area contributed by atoms with E-state index in [1.165, 1.54) is 20.1 Å². The number of aliphatic hydroxyl groups excluding tert-OH is 2. The van der Waals surface area contributed by atoms with Gasteiger partial charge in [0.2, 0.25) is 5.91 Å². The Morgan fingerprint density at radius 3 is 2.67 bits per heavy atom. The second-order valence-corrected chi connectivity index (χ2v) is 4.76. The average Bonchev–Trinajstić information content (AvgIpc) is 2.83. The number of hydrogen-bond donors (Lipinski definition) is 3. The smallest absolute Gasteiger partial charge is 0.348 e. The van der Waals surface area contributed by atoms with Crippen LogP contribution >= 0.6 is 11.3 Å². The van der Waals surface area contributed by atoms with Crippen LogP contribution in [0.2, 0.25) is 0 Å². The molecule has 100 valence electrons. The van der Waals surface area contributed by atoms with Crippen molar-refractivity contribution in [1.82, 2.24) is 5.32 Å². The molecule has 7 heteroatoms. The van der Waals surface area contributed by atoms with Gasteiger partial charge in [-0.05, 0) is 12.1 Å². The summed E-state index contributed by atoms with van der Waals surface area (Å²) in [4.78, 5) is 22.7. The minimum atomic E-state index is -1.15. The summed E-state index contributed by atoms with van der Waals surface area (Å²) >= 11 is 1.04. The molecule has 6 nitrogen and oxygen atoms in total. The molecule has 0 saturated heterocycles. The molecule has 2 unspecified atom stereocenters. The first kappa shape index (κ1) is 14.6. The van der Waals surface area contributed by atoms with Crippen LogP contribution < -0.4 is 5.32 Å². The van der Waals surface area contributed by atoms with Crippen molar-refractivity contribution in [3.8, 4) is 0 Å². The first-order valence-electron chi connectivity index (χ1n) is 5.24.